The van der Waals surface area contributed by atoms with E-state index in [1.54, 1.807) is 0 Å². The van der Waals surface area contributed by atoms with Crippen LogP contribution in [0, 0.1) is 0 Å². The van der Waals surface area contributed by atoms with Gasteiger partial charge in [-0.3, -0.25) is 9.59 Å². The van der Waals surface area contributed by atoms with Crippen LogP contribution < -0.4 is 0 Å². The molecule has 5 heteroatoms. The predicted octanol–water partition coefficient (Wildman–Crippen LogP) is -0.982. The van der Waals surface area contributed by atoms with E-state index in [-0.39, 0.29) is 19.1 Å². The van der Waals surface area contributed by atoms with Crippen LogP contribution >= 0.6 is 0 Å². The van der Waals surface area contributed by atoms with Crippen LogP contribution in [-0.4, -0.2) is 50.2 Å². The van der Waals surface area contributed by atoms with E-state index in [1.165, 1.54) is 12.0 Å². The molecule has 0 saturated carbocycles. The predicted molar refractivity (Wildman–Crippen MR) is 39.4 cm³/mol. The van der Waals surface area contributed by atoms with Crippen LogP contribution in [0.4, 0.5) is 0 Å². The van der Waals surface area contributed by atoms with E-state index in [4.69, 9.17) is 4.74 Å². The molecule has 1 saturated heterocycles. The molecule has 1 fully saturated rings. The highest BCUT2D eigenvalue weighted by Gasteiger charge is 2.20. The molecule has 0 spiro atoms. The largest absolute Gasteiger partial charge is 0.468 e. The van der Waals surface area contributed by atoms with Gasteiger partial charge < -0.3 is 14.4 Å². The molecule has 0 aromatic carbocycles. The molecule has 1 rings (SSSR count). The van der Waals surface area contributed by atoms with E-state index < -0.39 is 5.97 Å². The Labute approximate surface area is 70.2 Å². The average molecular weight is 173 g/mol. The van der Waals surface area contributed by atoms with Crippen LogP contribution in [0.25, 0.3) is 0 Å². The van der Waals surface area contributed by atoms with Crippen molar-refractivity contribution in [3.63, 3.8) is 0 Å². The van der Waals surface area contributed by atoms with Gasteiger partial charge in [0.15, 0.2) is 0 Å². The second kappa shape index (κ2) is 4.06. The Bertz CT molecular complexity index is 192. The molecule has 1 amide bonds. The summed E-state index contributed by atoms with van der Waals surface area (Å²) in [7, 11) is 1.30. The second-order valence-corrected chi connectivity index (χ2v) is 2.44. The van der Waals surface area contributed by atoms with E-state index in [0.29, 0.717) is 13.2 Å². The van der Waals surface area contributed by atoms with Crippen molar-refractivity contribution in [3.8, 4) is 0 Å². The summed E-state index contributed by atoms with van der Waals surface area (Å²) in [6, 6.07) is 0. The number of hydrogen-bond acceptors (Lipinski definition) is 4. The maximum Gasteiger partial charge on any atom is 0.325 e. The zero-order valence-electron chi connectivity index (χ0n) is 6.91. The summed E-state index contributed by atoms with van der Waals surface area (Å²) < 4.78 is 9.31. The molecule has 0 bridgehead atoms. The van der Waals surface area contributed by atoms with Gasteiger partial charge in [0.25, 0.3) is 0 Å². The van der Waals surface area contributed by atoms with Gasteiger partial charge in [-0.2, -0.15) is 0 Å². The molecule has 0 aromatic rings. The molecule has 0 aliphatic carbocycles. The number of amides is 1. The number of hydrogen-bond donors (Lipinski definition) is 0. The first-order valence-corrected chi connectivity index (χ1v) is 3.66. The standard InChI is InChI=1S/C7H11NO4/c1-11-7(10)4-8-2-3-12-5-6(8)9/h2-5H2,1H3. The van der Waals surface area contributed by atoms with Crippen molar-refractivity contribution in [2.45, 2.75) is 0 Å². The molecule has 0 atom stereocenters. The van der Waals surface area contributed by atoms with Crippen molar-refractivity contribution >= 4 is 11.9 Å². The number of methoxy groups -OCH3 is 1. The van der Waals surface area contributed by atoms with E-state index in [0.717, 1.165) is 0 Å². The molecule has 0 radical (unpaired) electrons. The molecule has 12 heavy (non-hydrogen) atoms. The molecule has 0 unspecified atom stereocenters. The van der Waals surface area contributed by atoms with Gasteiger partial charge in [0.1, 0.15) is 13.2 Å². The minimum atomic E-state index is -0.398. The van der Waals surface area contributed by atoms with Crippen LogP contribution in [0.15, 0.2) is 0 Å². The number of rotatable bonds is 2. The fraction of sp³-hybridized carbons (Fsp3) is 0.714. The van der Waals surface area contributed by atoms with E-state index >= 15 is 0 Å². The van der Waals surface area contributed by atoms with Crippen molar-refractivity contribution in [1.29, 1.82) is 0 Å². The molecule has 0 aromatic heterocycles. The van der Waals surface area contributed by atoms with Crippen LogP contribution in [0.2, 0.25) is 0 Å². The number of ether oxygens (including phenoxy) is 2. The lowest BCUT2D eigenvalue weighted by Gasteiger charge is -2.25. The first-order chi connectivity index (χ1) is 5.74. The zero-order chi connectivity index (χ0) is 8.97. The van der Waals surface area contributed by atoms with Crippen molar-refractivity contribution in [3.05, 3.63) is 0 Å². The summed E-state index contributed by atoms with van der Waals surface area (Å²) in [4.78, 5) is 23.2. The Morgan fingerprint density at radius 1 is 1.75 bits per heavy atom. The molecule has 5 nitrogen and oxygen atoms in total. The molecule has 1 aliphatic heterocycles. The lowest BCUT2D eigenvalue weighted by molar-refractivity contribution is -0.152. The Morgan fingerprint density at radius 2 is 2.50 bits per heavy atom. The number of morpholine rings is 1. The summed E-state index contributed by atoms with van der Waals surface area (Å²) >= 11 is 0. The zero-order valence-corrected chi connectivity index (χ0v) is 6.91. The summed E-state index contributed by atoms with van der Waals surface area (Å²) in [5.74, 6) is -0.558. The Kier molecular flexibility index (Phi) is 3.04. The lowest BCUT2D eigenvalue weighted by atomic mass is 10.4. The molecule has 1 heterocycles. The molecular formula is C7H11NO4. The summed E-state index contributed by atoms with van der Waals surface area (Å²) in [6.45, 7) is 1.05. The third kappa shape index (κ3) is 2.20. The molecular weight excluding hydrogens is 162 g/mol. The number of esters is 1. The third-order valence-electron chi connectivity index (χ3n) is 1.63. The minimum Gasteiger partial charge on any atom is -0.468 e. The summed E-state index contributed by atoms with van der Waals surface area (Å²) in [5, 5.41) is 0. The number of carbonyl (C=O) groups is 2. The van der Waals surface area contributed by atoms with Gasteiger partial charge in [0, 0.05) is 6.54 Å². The number of nitrogens with zero attached hydrogens (tertiary/aromatic N) is 1. The normalized spacial score (nSPS) is 17.8. The van der Waals surface area contributed by atoms with Gasteiger partial charge in [0.05, 0.1) is 13.7 Å². The third-order valence-corrected chi connectivity index (χ3v) is 1.63. The van der Waals surface area contributed by atoms with Crippen LogP contribution in [0.3, 0.4) is 0 Å². The van der Waals surface area contributed by atoms with Crippen molar-refractivity contribution in [2.75, 3.05) is 33.4 Å². The van der Waals surface area contributed by atoms with Gasteiger partial charge in [0.2, 0.25) is 5.91 Å². The first kappa shape index (κ1) is 8.99. The highest BCUT2D eigenvalue weighted by Crippen LogP contribution is 1.98. The second-order valence-electron chi connectivity index (χ2n) is 2.44. The Morgan fingerprint density at radius 3 is 3.08 bits per heavy atom. The minimum absolute atomic E-state index is 0.0265. The monoisotopic (exact) mass is 173 g/mol. The van der Waals surface area contributed by atoms with Crippen LogP contribution in [0.5, 0.6) is 0 Å². The van der Waals surface area contributed by atoms with Crippen molar-refractivity contribution in [1.82, 2.24) is 4.90 Å². The van der Waals surface area contributed by atoms with E-state index in [9.17, 15) is 9.59 Å². The lowest BCUT2D eigenvalue weighted by Crippen LogP contribution is -2.44. The van der Waals surface area contributed by atoms with Crippen LogP contribution in [0.1, 0.15) is 0 Å². The quantitative estimate of drug-likeness (QED) is 0.503. The van der Waals surface area contributed by atoms with Crippen molar-refractivity contribution < 1.29 is 19.1 Å². The topological polar surface area (TPSA) is 55.8 Å². The van der Waals surface area contributed by atoms with Gasteiger partial charge in [-0.1, -0.05) is 0 Å². The van der Waals surface area contributed by atoms with Gasteiger partial charge in [-0.15, -0.1) is 0 Å². The van der Waals surface area contributed by atoms with Gasteiger partial charge >= 0.3 is 5.97 Å². The van der Waals surface area contributed by atoms with E-state index in [1.807, 2.05) is 0 Å². The molecule has 1 aliphatic rings. The summed E-state index contributed by atoms with van der Waals surface area (Å²) in [6.07, 6.45) is 0. The molecule has 68 valence electrons. The maximum absolute atomic E-state index is 11.0. The molecule has 0 N–H and O–H groups in total. The SMILES string of the molecule is COC(=O)CN1CCOCC1=O. The van der Waals surface area contributed by atoms with Gasteiger partial charge in [-0.05, 0) is 0 Å². The highest BCUT2D eigenvalue weighted by atomic mass is 16.5. The smallest absolute Gasteiger partial charge is 0.325 e. The summed E-state index contributed by atoms with van der Waals surface area (Å²) in [5.41, 5.74) is 0. The fourth-order valence-corrected chi connectivity index (χ4v) is 0.938. The van der Waals surface area contributed by atoms with Crippen molar-refractivity contribution in [2.24, 2.45) is 0 Å². The van der Waals surface area contributed by atoms with Crippen LogP contribution in [-0.2, 0) is 19.1 Å². The fourth-order valence-electron chi connectivity index (χ4n) is 0.938. The first-order valence-electron chi connectivity index (χ1n) is 3.66. The Hall–Kier alpha value is -1.10. The maximum atomic E-state index is 11.0. The van der Waals surface area contributed by atoms with Gasteiger partial charge in [-0.25, -0.2) is 0 Å². The van der Waals surface area contributed by atoms with E-state index in [2.05, 4.69) is 4.74 Å². The average Bonchev–Trinajstić information content (AvgIpc) is 2.09. The highest BCUT2D eigenvalue weighted by molar-refractivity contribution is 5.83. The number of carbonyl (C=O) groups excluding carboxylic acids is 2. The Balaban J connectivity index is 2.39.